The van der Waals surface area contributed by atoms with Gasteiger partial charge in [-0.25, -0.2) is 15.0 Å². The van der Waals surface area contributed by atoms with E-state index in [2.05, 4.69) is 20.3 Å². The predicted molar refractivity (Wildman–Crippen MR) is 128 cm³/mol. The van der Waals surface area contributed by atoms with Gasteiger partial charge in [0.05, 0.1) is 11.6 Å². The Balaban J connectivity index is 1.71. The van der Waals surface area contributed by atoms with Crippen LogP contribution in [0.5, 0.6) is 0 Å². The number of aromatic nitrogens is 4. The standard InChI is InChI=1S/C26H22F3N5O2/c1-15-4-7-18(8-5-15)21-10-19(14-34(24(21)36)22-9-6-16(2)11-30-22)23(35)33-17(3)20-12-31-25(32-13-20)26(27,28)29/h4-14,17H,1-3H3,(H,33,35)/t17-/m1/s1. The summed E-state index contributed by atoms with van der Waals surface area (Å²) in [6.45, 7) is 5.39. The molecule has 3 heterocycles. The van der Waals surface area contributed by atoms with Gasteiger partial charge in [-0.1, -0.05) is 35.9 Å². The van der Waals surface area contributed by atoms with Crippen molar-refractivity contribution < 1.29 is 18.0 Å². The van der Waals surface area contributed by atoms with Crippen molar-refractivity contribution in [2.24, 2.45) is 0 Å². The quantitative estimate of drug-likeness (QED) is 0.431. The molecule has 1 aromatic carbocycles. The smallest absolute Gasteiger partial charge is 0.345 e. The molecular weight excluding hydrogens is 471 g/mol. The lowest BCUT2D eigenvalue weighted by Gasteiger charge is -2.16. The van der Waals surface area contributed by atoms with Crippen LogP contribution < -0.4 is 10.9 Å². The normalized spacial score (nSPS) is 12.3. The summed E-state index contributed by atoms with van der Waals surface area (Å²) in [5.41, 5.74) is 2.97. The van der Waals surface area contributed by atoms with E-state index in [1.54, 1.807) is 37.4 Å². The molecule has 0 aliphatic rings. The van der Waals surface area contributed by atoms with Gasteiger partial charge in [-0.3, -0.25) is 14.2 Å². The number of benzene rings is 1. The zero-order valence-corrected chi connectivity index (χ0v) is 19.7. The Morgan fingerprint density at radius 3 is 2.17 bits per heavy atom. The van der Waals surface area contributed by atoms with Crippen LogP contribution in [-0.4, -0.2) is 25.4 Å². The van der Waals surface area contributed by atoms with E-state index in [9.17, 15) is 22.8 Å². The molecule has 0 radical (unpaired) electrons. The Labute approximate surface area is 204 Å². The maximum atomic E-state index is 13.4. The first-order chi connectivity index (χ1) is 17.0. The lowest BCUT2D eigenvalue weighted by atomic mass is 10.0. The third kappa shape index (κ3) is 5.32. The van der Waals surface area contributed by atoms with E-state index >= 15 is 0 Å². The Hall–Kier alpha value is -4.34. The maximum absolute atomic E-state index is 13.4. The number of nitrogens with zero attached hydrogens (tertiary/aromatic N) is 4. The molecule has 0 aliphatic heterocycles. The van der Waals surface area contributed by atoms with Gasteiger partial charge < -0.3 is 5.32 Å². The van der Waals surface area contributed by atoms with Gasteiger partial charge >= 0.3 is 6.18 Å². The highest BCUT2D eigenvalue weighted by Crippen LogP contribution is 2.26. The third-order valence-electron chi connectivity index (χ3n) is 5.56. The molecular formula is C26H22F3N5O2. The summed E-state index contributed by atoms with van der Waals surface area (Å²) in [4.78, 5) is 37.5. The van der Waals surface area contributed by atoms with Crippen molar-refractivity contribution in [3.63, 3.8) is 0 Å². The topological polar surface area (TPSA) is 89.8 Å². The summed E-state index contributed by atoms with van der Waals surface area (Å²) in [5.74, 6) is -1.44. The van der Waals surface area contributed by atoms with Crippen molar-refractivity contribution in [1.82, 2.24) is 24.8 Å². The maximum Gasteiger partial charge on any atom is 0.451 e. The van der Waals surface area contributed by atoms with Gasteiger partial charge in [-0.2, -0.15) is 13.2 Å². The van der Waals surface area contributed by atoms with E-state index in [-0.39, 0.29) is 11.1 Å². The first kappa shape index (κ1) is 24.8. The Morgan fingerprint density at radius 1 is 0.944 bits per heavy atom. The molecule has 4 aromatic rings. The zero-order valence-electron chi connectivity index (χ0n) is 19.7. The molecule has 0 aliphatic carbocycles. The minimum atomic E-state index is -4.66. The van der Waals surface area contributed by atoms with Crippen LogP contribution in [0.1, 0.15) is 45.8 Å². The molecule has 0 saturated carbocycles. The first-order valence-corrected chi connectivity index (χ1v) is 11.0. The van der Waals surface area contributed by atoms with Crippen LogP contribution in [-0.2, 0) is 6.18 Å². The molecule has 1 N–H and O–H groups in total. The van der Waals surface area contributed by atoms with Crippen LogP contribution >= 0.6 is 0 Å². The van der Waals surface area contributed by atoms with Crippen LogP contribution in [0, 0.1) is 13.8 Å². The lowest BCUT2D eigenvalue weighted by Crippen LogP contribution is -2.30. The van der Waals surface area contributed by atoms with Crippen molar-refractivity contribution >= 4 is 5.91 Å². The summed E-state index contributed by atoms with van der Waals surface area (Å²) in [7, 11) is 0. The number of alkyl halides is 3. The van der Waals surface area contributed by atoms with Gasteiger partial charge in [0.1, 0.15) is 5.82 Å². The molecule has 1 atom stereocenters. The second-order valence-electron chi connectivity index (χ2n) is 8.41. The fourth-order valence-corrected chi connectivity index (χ4v) is 3.49. The van der Waals surface area contributed by atoms with Gasteiger partial charge in [0, 0.05) is 35.9 Å². The minimum Gasteiger partial charge on any atom is -0.345 e. The predicted octanol–water partition coefficient (Wildman–Crippen LogP) is 4.82. The number of pyridine rings is 2. The summed E-state index contributed by atoms with van der Waals surface area (Å²) in [6, 6.07) is 11.6. The molecule has 0 spiro atoms. The van der Waals surface area contributed by atoms with E-state index in [0.717, 1.165) is 23.5 Å². The second kappa shape index (κ2) is 9.73. The number of hydrogen-bond donors (Lipinski definition) is 1. The Kier molecular flexibility index (Phi) is 6.69. The number of hydrogen-bond acceptors (Lipinski definition) is 5. The summed E-state index contributed by atoms with van der Waals surface area (Å²) < 4.78 is 39.6. The van der Waals surface area contributed by atoms with Crippen molar-refractivity contribution in [1.29, 1.82) is 0 Å². The first-order valence-electron chi connectivity index (χ1n) is 11.0. The highest BCUT2D eigenvalue weighted by molar-refractivity contribution is 5.95. The number of halogens is 3. The van der Waals surface area contributed by atoms with Crippen LogP contribution in [0.3, 0.4) is 0 Å². The second-order valence-corrected chi connectivity index (χ2v) is 8.41. The monoisotopic (exact) mass is 493 g/mol. The van der Waals surface area contributed by atoms with Crippen molar-refractivity contribution in [2.45, 2.75) is 33.0 Å². The largest absolute Gasteiger partial charge is 0.451 e. The molecule has 1 amide bonds. The van der Waals surface area contributed by atoms with E-state index < -0.39 is 23.9 Å². The van der Waals surface area contributed by atoms with Crippen LogP contribution in [0.4, 0.5) is 13.2 Å². The molecule has 10 heteroatoms. The molecule has 0 saturated heterocycles. The average Bonchev–Trinajstić information content (AvgIpc) is 2.85. The number of nitrogens with one attached hydrogen (secondary N) is 1. The minimum absolute atomic E-state index is 0.173. The van der Waals surface area contributed by atoms with Gasteiger partial charge in [0.15, 0.2) is 0 Å². The zero-order chi connectivity index (χ0) is 26.0. The lowest BCUT2D eigenvalue weighted by molar-refractivity contribution is -0.145. The molecule has 184 valence electrons. The van der Waals surface area contributed by atoms with E-state index in [1.807, 2.05) is 26.0 Å². The summed E-state index contributed by atoms with van der Waals surface area (Å²) >= 11 is 0. The van der Waals surface area contributed by atoms with Gasteiger partial charge in [0.2, 0.25) is 5.82 Å². The summed E-state index contributed by atoms with van der Waals surface area (Å²) in [5, 5.41) is 2.73. The molecule has 0 bridgehead atoms. The van der Waals surface area contributed by atoms with E-state index in [1.165, 1.54) is 16.8 Å². The molecule has 0 fully saturated rings. The molecule has 4 rings (SSSR count). The van der Waals surface area contributed by atoms with Gasteiger partial charge in [-0.15, -0.1) is 0 Å². The van der Waals surface area contributed by atoms with Gasteiger partial charge in [-0.05, 0) is 44.0 Å². The molecule has 3 aromatic heterocycles. The number of carbonyl (C=O) groups excluding carboxylic acids is 1. The number of carbonyl (C=O) groups is 1. The third-order valence-corrected chi connectivity index (χ3v) is 5.56. The summed E-state index contributed by atoms with van der Waals surface area (Å²) in [6.07, 6.45) is 0.399. The fourth-order valence-electron chi connectivity index (χ4n) is 3.49. The fraction of sp³-hybridized carbons (Fsp3) is 0.192. The van der Waals surface area contributed by atoms with Crippen LogP contribution in [0.15, 0.2) is 72.0 Å². The molecule has 7 nitrogen and oxygen atoms in total. The highest BCUT2D eigenvalue weighted by Gasteiger charge is 2.34. The Morgan fingerprint density at radius 2 is 1.58 bits per heavy atom. The van der Waals surface area contributed by atoms with Gasteiger partial charge in [0.25, 0.3) is 11.5 Å². The Bertz CT molecular complexity index is 1380. The van der Waals surface area contributed by atoms with Crippen LogP contribution in [0.2, 0.25) is 0 Å². The molecule has 0 unspecified atom stereocenters. The van der Waals surface area contributed by atoms with Crippen molar-refractivity contribution in [3.8, 4) is 16.9 Å². The van der Waals surface area contributed by atoms with Crippen LogP contribution in [0.25, 0.3) is 16.9 Å². The van der Waals surface area contributed by atoms with Crippen molar-refractivity contribution in [2.75, 3.05) is 0 Å². The SMILES string of the molecule is Cc1ccc(-c2cc(C(=O)N[C@H](C)c3cnc(C(F)(F)F)nc3)cn(-c3ccc(C)cn3)c2=O)cc1. The number of rotatable bonds is 5. The van der Waals surface area contributed by atoms with Crippen molar-refractivity contribution in [3.05, 3.63) is 106 Å². The highest BCUT2D eigenvalue weighted by atomic mass is 19.4. The van der Waals surface area contributed by atoms with E-state index in [0.29, 0.717) is 22.5 Å². The average molecular weight is 493 g/mol. The number of aryl methyl sites for hydroxylation is 2. The van der Waals surface area contributed by atoms with E-state index in [4.69, 9.17) is 0 Å². The number of amides is 1. The molecule has 36 heavy (non-hydrogen) atoms.